The van der Waals surface area contributed by atoms with Gasteiger partial charge in [-0.2, -0.15) is 0 Å². The largest absolute Gasteiger partial charge is 0.382 e. The Kier molecular flexibility index (Phi) is 4.08. The molecule has 1 N–H and O–H groups in total. The van der Waals surface area contributed by atoms with Crippen LogP contribution in [-0.2, 0) is 9.84 Å². The molecule has 0 bridgehead atoms. The van der Waals surface area contributed by atoms with E-state index in [9.17, 15) is 18.5 Å². The maximum atomic E-state index is 11.3. The molecule has 110 valence electrons. The number of anilines is 1. The molecule has 0 saturated heterocycles. The SMILES string of the molecule is CS(=O)(=O)c1ccc(ONc2ccccc2[N+](=O)[O-])cc1. The van der Waals surface area contributed by atoms with Gasteiger partial charge in [-0.05, 0) is 30.3 Å². The van der Waals surface area contributed by atoms with Crippen LogP contribution in [0.3, 0.4) is 0 Å². The molecule has 0 aliphatic heterocycles. The lowest BCUT2D eigenvalue weighted by Gasteiger charge is -2.08. The predicted molar refractivity (Wildman–Crippen MR) is 76.9 cm³/mol. The van der Waals surface area contributed by atoms with E-state index in [1.807, 2.05) is 0 Å². The number of nitrogens with one attached hydrogen (secondary N) is 1. The van der Waals surface area contributed by atoms with E-state index < -0.39 is 14.8 Å². The molecule has 0 fully saturated rings. The Balaban J connectivity index is 2.12. The summed E-state index contributed by atoms with van der Waals surface area (Å²) in [7, 11) is -3.27. The van der Waals surface area contributed by atoms with Crippen LogP contribution >= 0.6 is 0 Å². The van der Waals surface area contributed by atoms with E-state index in [1.165, 1.54) is 36.4 Å². The minimum absolute atomic E-state index is 0.120. The van der Waals surface area contributed by atoms with E-state index in [4.69, 9.17) is 4.84 Å². The van der Waals surface area contributed by atoms with Crippen molar-refractivity contribution < 1.29 is 18.2 Å². The molecule has 0 aliphatic carbocycles. The highest BCUT2D eigenvalue weighted by molar-refractivity contribution is 7.90. The first-order valence-corrected chi connectivity index (χ1v) is 7.73. The van der Waals surface area contributed by atoms with E-state index in [-0.39, 0.29) is 16.3 Å². The van der Waals surface area contributed by atoms with Crippen molar-refractivity contribution >= 4 is 21.2 Å². The fraction of sp³-hybridized carbons (Fsp3) is 0.0769. The van der Waals surface area contributed by atoms with Gasteiger partial charge in [0.25, 0.3) is 5.69 Å². The molecule has 2 rings (SSSR count). The Labute approximate surface area is 121 Å². The van der Waals surface area contributed by atoms with E-state index in [2.05, 4.69) is 5.48 Å². The van der Waals surface area contributed by atoms with Crippen LogP contribution in [0.5, 0.6) is 5.75 Å². The van der Waals surface area contributed by atoms with Gasteiger partial charge >= 0.3 is 0 Å². The first-order chi connectivity index (χ1) is 9.88. The van der Waals surface area contributed by atoms with E-state index in [0.29, 0.717) is 5.75 Å². The highest BCUT2D eigenvalue weighted by Gasteiger charge is 2.12. The molecule has 8 heteroatoms. The average Bonchev–Trinajstić information content (AvgIpc) is 2.45. The Morgan fingerprint density at radius 1 is 1.10 bits per heavy atom. The third-order valence-corrected chi connectivity index (χ3v) is 3.76. The molecule has 0 aliphatic rings. The number of para-hydroxylation sites is 2. The van der Waals surface area contributed by atoms with Crippen LogP contribution in [0.25, 0.3) is 0 Å². The Morgan fingerprint density at radius 2 is 1.71 bits per heavy atom. The van der Waals surface area contributed by atoms with Gasteiger partial charge in [0, 0.05) is 12.3 Å². The van der Waals surface area contributed by atoms with Crippen LogP contribution < -0.4 is 10.3 Å². The minimum atomic E-state index is -3.27. The van der Waals surface area contributed by atoms with Crippen LogP contribution in [0.2, 0.25) is 0 Å². The molecule has 0 spiro atoms. The van der Waals surface area contributed by atoms with Crippen molar-refractivity contribution in [2.24, 2.45) is 0 Å². The highest BCUT2D eigenvalue weighted by Crippen LogP contribution is 2.24. The number of hydrogen-bond acceptors (Lipinski definition) is 6. The Hall–Kier alpha value is -2.61. The van der Waals surface area contributed by atoms with Crippen LogP contribution in [0, 0.1) is 10.1 Å². The number of sulfone groups is 1. The van der Waals surface area contributed by atoms with Gasteiger partial charge < -0.3 is 4.84 Å². The van der Waals surface area contributed by atoms with Crippen LogP contribution in [0.15, 0.2) is 53.4 Å². The van der Waals surface area contributed by atoms with Gasteiger partial charge in [-0.15, -0.1) is 0 Å². The number of benzene rings is 2. The molecular weight excluding hydrogens is 296 g/mol. The average molecular weight is 308 g/mol. The summed E-state index contributed by atoms with van der Waals surface area (Å²) in [6, 6.07) is 11.7. The zero-order chi connectivity index (χ0) is 15.5. The molecule has 0 saturated carbocycles. The third kappa shape index (κ3) is 3.69. The van der Waals surface area contributed by atoms with Crippen molar-refractivity contribution in [3.63, 3.8) is 0 Å². The van der Waals surface area contributed by atoms with Gasteiger partial charge in [0.15, 0.2) is 15.6 Å². The van der Waals surface area contributed by atoms with E-state index in [0.717, 1.165) is 6.26 Å². The van der Waals surface area contributed by atoms with Gasteiger partial charge in [0.1, 0.15) is 5.69 Å². The maximum absolute atomic E-state index is 11.3. The molecule has 0 amide bonds. The van der Waals surface area contributed by atoms with Crippen molar-refractivity contribution in [1.29, 1.82) is 0 Å². The zero-order valence-electron chi connectivity index (χ0n) is 11.0. The quantitative estimate of drug-likeness (QED) is 0.672. The molecule has 0 heterocycles. The first kappa shape index (κ1) is 14.8. The number of nitro benzene ring substituents is 1. The fourth-order valence-corrected chi connectivity index (χ4v) is 2.22. The number of nitro groups is 1. The molecule has 0 unspecified atom stereocenters. The van der Waals surface area contributed by atoms with Gasteiger partial charge in [-0.1, -0.05) is 12.1 Å². The lowest BCUT2D eigenvalue weighted by Crippen LogP contribution is -2.07. The van der Waals surface area contributed by atoms with Crippen molar-refractivity contribution in [1.82, 2.24) is 0 Å². The monoisotopic (exact) mass is 308 g/mol. The molecular formula is C13H12N2O5S. The summed E-state index contributed by atoms with van der Waals surface area (Å²) in [4.78, 5) is 15.7. The lowest BCUT2D eigenvalue weighted by molar-refractivity contribution is -0.384. The molecule has 2 aromatic carbocycles. The summed E-state index contributed by atoms with van der Waals surface area (Å²) >= 11 is 0. The van der Waals surface area contributed by atoms with Crippen molar-refractivity contribution in [3.05, 3.63) is 58.6 Å². The van der Waals surface area contributed by atoms with Crippen molar-refractivity contribution in [2.45, 2.75) is 4.90 Å². The smallest absolute Gasteiger partial charge is 0.295 e. The van der Waals surface area contributed by atoms with Crippen molar-refractivity contribution in [2.75, 3.05) is 11.7 Å². The summed E-state index contributed by atoms with van der Waals surface area (Å²) in [5, 5.41) is 10.8. The molecule has 0 atom stereocenters. The third-order valence-electron chi connectivity index (χ3n) is 2.63. The van der Waals surface area contributed by atoms with E-state index >= 15 is 0 Å². The lowest BCUT2D eigenvalue weighted by atomic mass is 10.3. The summed E-state index contributed by atoms with van der Waals surface area (Å²) in [5.41, 5.74) is 2.56. The highest BCUT2D eigenvalue weighted by atomic mass is 32.2. The standard InChI is InChI=1S/C13H12N2O5S/c1-21(18,19)11-8-6-10(7-9-11)20-14-12-4-2-3-5-13(12)15(16)17/h2-9,14H,1H3. The van der Waals surface area contributed by atoms with Gasteiger partial charge in [-0.25, -0.2) is 13.9 Å². The van der Waals surface area contributed by atoms with Crippen LogP contribution in [-0.4, -0.2) is 19.6 Å². The van der Waals surface area contributed by atoms with Crippen LogP contribution in [0.1, 0.15) is 0 Å². The molecule has 0 radical (unpaired) electrons. The summed E-state index contributed by atoms with van der Waals surface area (Å²) in [5.74, 6) is 0.334. The fourth-order valence-electron chi connectivity index (χ4n) is 1.59. The molecule has 7 nitrogen and oxygen atoms in total. The summed E-state index contributed by atoms with van der Waals surface area (Å²) in [6.45, 7) is 0. The van der Waals surface area contributed by atoms with E-state index in [1.54, 1.807) is 12.1 Å². The number of hydrogen-bond donors (Lipinski definition) is 1. The predicted octanol–water partition coefficient (Wildman–Crippen LogP) is 2.40. The second kappa shape index (κ2) is 5.80. The molecule has 0 aromatic heterocycles. The number of nitrogens with zero attached hydrogens (tertiary/aromatic N) is 1. The van der Waals surface area contributed by atoms with Crippen molar-refractivity contribution in [3.8, 4) is 5.75 Å². The van der Waals surface area contributed by atoms with Gasteiger partial charge in [0.05, 0.1) is 9.82 Å². The Morgan fingerprint density at radius 3 is 2.29 bits per heavy atom. The van der Waals surface area contributed by atoms with Gasteiger partial charge in [0.2, 0.25) is 0 Å². The summed E-state index contributed by atoms with van der Waals surface area (Å²) < 4.78 is 22.6. The van der Waals surface area contributed by atoms with Crippen LogP contribution in [0.4, 0.5) is 11.4 Å². The second-order valence-corrected chi connectivity index (χ2v) is 6.24. The second-order valence-electron chi connectivity index (χ2n) is 4.22. The maximum Gasteiger partial charge on any atom is 0.295 e. The minimum Gasteiger partial charge on any atom is -0.382 e. The Bertz CT molecular complexity index is 756. The molecule has 2 aromatic rings. The normalized spacial score (nSPS) is 10.9. The zero-order valence-corrected chi connectivity index (χ0v) is 11.8. The topological polar surface area (TPSA) is 98.5 Å². The molecule has 21 heavy (non-hydrogen) atoms. The first-order valence-electron chi connectivity index (χ1n) is 5.84. The number of rotatable bonds is 5. The van der Waals surface area contributed by atoms with Gasteiger partial charge in [-0.3, -0.25) is 10.1 Å². The summed E-state index contributed by atoms with van der Waals surface area (Å²) in [6.07, 6.45) is 1.11.